The van der Waals surface area contributed by atoms with Gasteiger partial charge in [0.15, 0.2) is 11.3 Å². The van der Waals surface area contributed by atoms with E-state index in [4.69, 9.17) is 10.5 Å². The zero-order chi connectivity index (χ0) is 18.8. The maximum absolute atomic E-state index is 11.4. The van der Waals surface area contributed by atoms with E-state index < -0.39 is 5.97 Å². The Morgan fingerprint density at radius 2 is 1.78 bits per heavy atom. The Kier molecular flexibility index (Phi) is 4.18. The molecule has 0 aliphatic carbocycles. The maximum Gasteiger partial charge on any atom is 0.354 e. The first-order chi connectivity index (χ1) is 13.1. The lowest BCUT2D eigenvalue weighted by Crippen LogP contribution is -2.07. The lowest BCUT2D eigenvalue weighted by atomic mass is 10.1. The van der Waals surface area contributed by atoms with E-state index in [1.165, 1.54) is 10.6 Å². The van der Waals surface area contributed by atoms with Crippen LogP contribution in [0, 0.1) is 0 Å². The number of carbonyl (C=O) groups is 1. The molecule has 134 valence electrons. The highest BCUT2D eigenvalue weighted by atomic mass is 16.5. The second-order valence-corrected chi connectivity index (χ2v) is 5.94. The molecule has 4 aromatic rings. The van der Waals surface area contributed by atoms with Crippen molar-refractivity contribution in [2.24, 2.45) is 0 Å². The standard InChI is InChI=1S/C20H16N4O3/c21-20-22-18-16(10-11-17(19(25)26)24(18)23-20)14-6-8-15(9-7-14)27-12-13-4-2-1-3-5-13/h1-11H,12H2,(H2,21,23)(H,25,26). The largest absolute Gasteiger partial charge is 0.489 e. The van der Waals surface area contributed by atoms with Gasteiger partial charge in [0.05, 0.1) is 0 Å². The van der Waals surface area contributed by atoms with Gasteiger partial charge in [-0.25, -0.2) is 9.31 Å². The fraction of sp³-hybridized carbons (Fsp3) is 0.0500. The highest BCUT2D eigenvalue weighted by Crippen LogP contribution is 2.27. The van der Waals surface area contributed by atoms with Crippen LogP contribution in [-0.2, 0) is 6.61 Å². The molecule has 7 heteroatoms. The van der Waals surface area contributed by atoms with Crippen LogP contribution in [0.25, 0.3) is 16.8 Å². The number of anilines is 1. The summed E-state index contributed by atoms with van der Waals surface area (Å²) in [5.74, 6) is -0.337. The van der Waals surface area contributed by atoms with Gasteiger partial charge in [0.25, 0.3) is 0 Å². The molecule has 2 heterocycles. The number of hydrogen-bond donors (Lipinski definition) is 2. The minimum Gasteiger partial charge on any atom is -0.489 e. The van der Waals surface area contributed by atoms with E-state index in [1.807, 2.05) is 54.6 Å². The average Bonchev–Trinajstić information content (AvgIpc) is 3.08. The van der Waals surface area contributed by atoms with Crippen LogP contribution in [0.15, 0.2) is 66.7 Å². The second-order valence-electron chi connectivity index (χ2n) is 5.94. The third-order valence-corrected chi connectivity index (χ3v) is 4.13. The van der Waals surface area contributed by atoms with Crippen LogP contribution in [-0.4, -0.2) is 25.7 Å². The summed E-state index contributed by atoms with van der Waals surface area (Å²) in [5, 5.41) is 13.3. The Balaban J connectivity index is 1.62. The Morgan fingerprint density at radius 3 is 2.48 bits per heavy atom. The molecule has 0 radical (unpaired) electrons. The molecule has 7 nitrogen and oxygen atoms in total. The molecule has 0 saturated carbocycles. The van der Waals surface area contributed by atoms with Crippen molar-refractivity contribution in [2.45, 2.75) is 6.61 Å². The zero-order valence-corrected chi connectivity index (χ0v) is 14.2. The first kappa shape index (κ1) is 16.6. The highest BCUT2D eigenvalue weighted by molar-refractivity contribution is 5.89. The minimum atomic E-state index is -1.10. The molecule has 0 saturated heterocycles. The molecule has 2 aromatic carbocycles. The van der Waals surface area contributed by atoms with Crippen LogP contribution in [0.1, 0.15) is 16.1 Å². The topological polar surface area (TPSA) is 103 Å². The van der Waals surface area contributed by atoms with Crippen LogP contribution < -0.4 is 10.5 Å². The Labute approximate surface area is 154 Å². The van der Waals surface area contributed by atoms with Gasteiger partial charge in [0.2, 0.25) is 5.95 Å². The molecular formula is C20H16N4O3. The van der Waals surface area contributed by atoms with E-state index in [1.54, 1.807) is 6.07 Å². The van der Waals surface area contributed by atoms with E-state index in [0.717, 1.165) is 22.4 Å². The first-order valence-corrected chi connectivity index (χ1v) is 8.27. The number of benzene rings is 2. The first-order valence-electron chi connectivity index (χ1n) is 8.27. The predicted octanol–water partition coefficient (Wildman–Crippen LogP) is 3.26. The van der Waals surface area contributed by atoms with Gasteiger partial charge >= 0.3 is 5.97 Å². The maximum atomic E-state index is 11.4. The summed E-state index contributed by atoms with van der Waals surface area (Å²) in [7, 11) is 0. The van der Waals surface area contributed by atoms with Gasteiger partial charge in [0.1, 0.15) is 12.4 Å². The third kappa shape index (κ3) is 3.30. The summed E-state index contributed by atoms with van der Waals surface area (Å²) in [6, 6.07) is 20.6. The van der Waals surface area contributed by atoms with Gasteiger partial charge in [-0.05, 0) is 35.4 Å². The number of rotatable bonds is 5. The number of fused-ring (bicyclic) bond motifs is 1. The van der Waals surface area contributed by atoms with Gasteiger partial charge in [-0.15, -0.1) is 5.10 Å². The number of carboxylic acids is 1. The molecule has 0 spiro atoms. The third-order valence-electron chi connectivity index (χ3n) is 4.13. The Morgan fingerprint density at radius 1 is 1.04 bits per heavy atom. The zero-order valence-electron chi connectivity index (χ0n) is 14.2. The summed E-state index contributed by atoms with van der Waals surface area (Å²) < 4.78 is 7.04. The number of carboxylic acid groups (broad SMARTS) is 1. The van der Waals surface area contributed by atoms with Crippen LogP contribution in [0.4, 0.5) is 5.95 Å². The molecule has 27 heavy (non-hydrogen) atoms. The summed E-state index contributed by atoms with van der Waals surface area (Å²) >= 11 is 0. The van der Waals surface area contributed by atoms with Crippen molar-refractivity contribution in [1.29, 1.82) is 0 Å². The lowest BCUT2D eigenvalue weighted by Gasteiger charge is -2.09. The molecule has 4 rings (SSSR count). The lowest BCUT2D eigenvalue weighted by molar-refractivity contribution is 0.0687. The number of ether oxygens (including phenoxy) is 1. The van der Waals surface area contributed by atoms with Gasteiger partial charge in [-0.1, -0.05) is 42.5 Å². The summed E-state index contributed by atoms with van der Waals surface area (Å²) in [6.45, 7) is 0.485. The molecule has 0 unspecified atom stereocenters. The minimum absolute atomic E-state index is 0.000708. The van der Waals surface area contributed by atoms with Crippen molar-refractivity contribution < 1.29 is 14.6 Å². The van der Waals surface area contributed by atoms with Crippen molar-refractivity contribution in [2.75, 3.05) is 5.73 Å². The monoisotopic (exact) mass is 360 g/mol. The van der Waals surface area contributed by atoms with E-state index in [0.29, 0.717) is 12.3 Å². The Hall–Kier alpha value is -3.87. The molecule has 0 amide bonds. The SMILES string of the molecule is Nc1nc2c(-c3ccc(OCc4ccccc4)cc3)ccc(C(=O)O)n2n1. The van der Waals surface area contributed by atoms with E-state index in [-0.39, 0.29) is 11.6 Å². The van der Waals surface area contributed by atoms with Gasteiger partial charge in [0, 0.05) is 5.56 Å². The van der Waals surface area contributed by atoms with Crippen LogP contribution in [0.2, 0.25) is 0 Å². The van der Waals surface area contributed by atoms with Crippen molar-refractivity contribution in [1.82, 2.24) is 14.6 Å². The fourth-order valence-corrected chi connectivity index (χ4v) is 2.84. The molecular weight excluding hydrogens is 344 g/mol. The van der Waals surface area contributed by atoms with Gasteiger partial charge in [-0.3, -0.25) is 0 Å². The summed E-state index contributed by atoms with van der Waals surface area (Å²) in [5.41, 5.74) is 8.75. The quantitative estimate of drug-likeness (QED) is 0.566. The van der Waals surface area contributed by atoms with Crippen LogP contribution in [0.3, 0.4) is 0 Å². The van der Waals surface area contributed by atoms with Crippen molar-refractivity contribution in [3.05, 3.63) is 78.0 Å². The number of aromatic carboxylic acids is 1. The Bertz CT molecular complexity index is 1110. The van der Waals surface area contributed by atoms with Crippen molar-refractivity contribution in [3.8, 4) is 16.9 Å². The highest BCUT2D eigenvalue weighted by Gasteiger charge is 2.16. The van der Waals surface area contributed by atoms with E-state index >= 15 is 0 Å². The number of nitrogen functional groups attached to an aromatic ring is 1. The number of nitrogens with zero attached hydrogens (tertiary/aromatic N) is 3. The number of nitrogens with two attached hydrogens (primary N) is 1. The molecule has 0 aliphatic heterocycles. The normalized spacial score (nSPS) is 10.8. The van der Waals surface area contributed by atoms with Crippen molar-refractivity contribution >= 4 is 17.6 Å². The van der Waals surface area contributed by atoms with Crippen LogP contribution in [0.5, 0.6) is 5.75 Å². The van der Waals surface area contributed by atoms with Crippen LogP contribution >= 0.6 is 0 Å². The van der Waals surface area contributed by atoms with Gasteiger partial charge < -0.3 is 15.6 Å². The van der Waals surface area contributed by atoms with E-state index in [2.05, 4.69) is 10.1 Å². The second kappa shape index (κ2) is 6.80. The molecule has 0 atom stereocenters. The summed E-state index contributed by atoms with van der Waals surface area (Å²) in [6.07, 6.45) is 0. The van der Waals surface area contributed by atoms with E-state index in [9.17, 15) is 9.90 Å². The number of pyridine rings is 1. The molecule has 0 fully saturated rings. The van der Waals surface area contributed by atoms with Crippen molar-refractivity contribution in [3.63, 3.8) is 0 Å². The number of aromatic nitrogens is 3. The molecule has 3 N–H and O–H groups in total. The molecule has 0 bridgehead atoms. The predicted molar refractivity (Wildman–Crippen MR) is 101 cm³/mol. The summed E-state index contributed by atoms with van der Waals surface area (Å²) in [4.78, 5) is 15.5. The average molecular weight is 360 g/mol. The smallest absolute Gasteiger partial charge is 0.354 e. The fourth-order valence-electron chi connectivity index (χ4n) is 2.84. The molecule has 2 aromatic heterocycles. The molecule has 0 aliphatic rings. The number of hydrogen-bond acceptors (Lipinski definition) is 5. The van der Waals surface area contributed by atoms with Gasteiger partial charge in [-0.2, -0.15) is 4.98 Å².